The van der Waals surface area contributed by atoms with Gasteiger partial charge in [-0.25, -0.2) is 4.39 Å². The molecule has 110 valence electrons. The number of carbonyl (C=O) groups excluding carboxylic acids is 3. The van der Waals surface area contributed by atoms with Gasteiger partial charge < -0.3 is 10.4 Å². The van der Waals surface area contributed by atoms with Crippen molar-refractivity contribution < 1.29 is 23.9 Å². The van der Waals surface area contributed by atoms with Crippen LogP contribution in [0.15, 0.2) is 18.2 Å². The van der Waals surface area contributed by atoms with E-state index in [9.17, 15) is 23.9 Å². The van der Waals surface area contributed by atoms with E-state index in [1.165, 1.54) is 12.1 Å². The standard InChI is InChI=1S/C14H13FN2O4/c15-8-4-1-3-7-11(8)14(21)17(13(7)20)9-5-2-6-10(18)16-12(9)19/h1,3-4,9,12,19H,2,5-6H2,(H,16,18). The molecule has 2 N–H and O–H groups in total. The lowest BCUT2D eigenvalue weighted by Gasteiger charge is -2.28. The van der Waals surface area contributed by atoms with Crippen molar-refractivity contribution in [1.82, 2.24) is 10.2 Å². The van der Waals surface area contributed by atoms with Gasteiger partial charge in [0.05, 0.1) is 17.2 Å². The van der Waals surface area contributed by atoms with E-state index < -0.39 is 29.9 Å². The van der Waals surface area contributed by atoms with Crippen molar-refractivity contribution in [3.63, 3.8) is 0 Å². The predicted molar refractivity (Wildman–Crippen MR) is 68.7 cm³/mol. The number of amides is 3. The number of nitrogens with zero attached hydrogens (tertiary/aromatic N) is 1. The Hall–Kier alpha value is -2.28. The van der Waals surface area contributed by atoms with Gasteiger partial charge in [-0.1, -0.05) is 6.07 Å². The molecular formula is C14H13FN2O4. The summed E-state index contributed by atoms with van der Waals surface area (Å²) in [6.45, 7) is 0. The number of halogens is 1. The molecule has 0 aromatic heterocycles. The van der Waals surface area contributed by atoms with E-state index in [0.29, 0.717) is 6.42 Å². The molecule has 0 aliphatic carbocycles. The van der Waals surface area contributed by atoms with Crippen molar-refractivity contribution in [1.29, 1.82) is 0 Å². The highest BCUT2D eigenvalue weighted by Gasteiger charge is 2.44. The fourth-order valence-electron chi connectivity index (χ4n) is 2.80. The number of rotatable bonds is 1. The van der Waals surface area contributed by atoms with Crippen LogP contribution in [-0.4, -0.2) is 40.0 Å². The molecule has 1 aromatic rings. The van der Waals surface area contributed by atoms with Crippen LogP contribution in [0.2, 0.25) is 0 Å². The third kappa shape index (κ3) is 2.09. The number of carbonyl (C=O) groups is 3. The second kappa shape index (κ2) is 4.92. The minimum Gasteiger partial charge on any atom is -0.372 e. The van der Waals surface area contributed by atoms with Crippen LogP contribution in [-0.2, 0) is 4.79 Å². The minimum absolute atomic E-state index is 0.0113. The molecule has 21 heavy (non-hydrogen) atoms. The van der Waals surface area contributed by atoms with Crippen LogP contribution in [0.25, 0.3) is 0 Å². The van der Waals surface area contributed by atoms with Crippen molar-refractivity contribution in [2.75, 3.05) is 0 Å². The Morgan fingerprint density at radius 3 is 2.71 bits per heavy atom. The number of aliphatic hydroxyl groups is 1. The van der Waals surface area contributed by atoms with Gasteiger partial charge >= 0.3 is 0 Å². The van der Waals surface area contributed by atoms with E-state index in [-0.39, 0.29) is 29.9 Å². The van der Waals surface area contributed by atoms with Gasteiger partial charge in [-0.3, -0.25) is 19.3 Å². The first-order chi connectivity index (χ1) is 10.0. The predicted octanol–water partition coefficient (Wildman–Crippen LogP) is 0.409. The van der Waals surface area contributed by atoms with Crippen molar-refractivity contribution in [3.8, 4) is 0 Å². The van der Waals surface area contributed by atoms with Crippen LogP contribution in [0.5, 0.6) is 0 Å². The van der Waals surface area contributed by atoms with E-state index in [1.807, 2.05) is 0 Å². The van der Waals surface area contributed by atoms with Crippen molar-refractivity contribution in [2.45, 2.75) is 31.5 Å². The van der Waals surface area contributed by atoms with Crippen LogP contribution >= 0.6 is 0 Å². The molecule has 2 aliphatic heterocycles. The van der Waals surface area contributed by atoms with Gasteiger partial charge in [-0.05, 0) is 25.0 Å². The van der Waals surface area contributed by atoms with Crippen LogP contribution in [0, 0.1) is 5.82 Å². The average molecular weight is 292 g/mol. The monoisotopic (exact) mass is 292 g/mol. The summed E-state index contributed by atoms with van der Waals surface area (Å²) in [5.41, 5.74) is -0.284. The van der Waals surface area contributed by atoms with Gasteiger partial charge in [0.2, 0.25) is 5.91 Å². The van der Waals surface area contributed by atoms with Gasteiger partial charge in [-0.2, -0.15) is 0 Å². The van der Waals surface area contributed by atoms with Crippen LogP contribution in [0.4, 0.5) is 4.39 Å². The smallest absolute Gasteiger partial charge is 0.264 e. The summed E-state index contributed by atoms with van der Waals surface area (Å²) >= 11 is 0. The zero-order chi connectivity index (χ0) is 15.1. The normalized spacial score (nSPS) is 25.6. The molecular weight excluding hydrogens is 279 g/mol. The molecule has 2 heterocycles. The van der Waals surface area contributed by atoms with E-state index in [4.69, 9.17) is 0 Å². The third-order valence-electron chi connectivity index (χ3n) is 3.80. The molecule has 1 fully saturated rings. The Bertz CT molecular complexity index is 646. The zero-order valence-electron chi connectivity index (χ0n) is 11.0. The molecule has 2 atom stereocenters. The molecule has 0 saturated carbocycles. The maximum absolute atomic E-state index is 13.8. The summed E-state index contributed by atoms with van der Waals surface area (Å²) in [6, 6.07) is 2.95. The first-order valence-corrected chi connectivity index (χ1v) is 6.64. The summed E-state index contributed by atoms with van der Waals surface area (Å²) in [6.07, 6.45) is -0.410. The van der Waals surface area contributed by atoms with E-state index in [0.717, 1.165) is 11.0 Å². The van der Waals surface area contributed by atoms with Crippen LogP contribution in [0.1, 0.15) is 40.0 Å². The maximum Gasteiger partial charge on any atom is 0.264 e. The summed E-state index contributed by atoms with van der Waals surface area (Å²) in [5.74, 6) is -2.52. The fourth-order valence-corrected chi connectivity index (χ4v) is 2.80. The molecule has 0 bridgehead atoms. The number of nitrogens with one attached hydrogen (secondary N) is 1. The SMILES string of the molecule is O=C1CCCC(N2C(=O)c3cccc(F)c3C2=O)C(O)N1. The molecule has 6 nitrogen and oxygen atoms in total. The summed E-state index contributed by atoms with van der Waals surface area (Å²) in [7, 11) is 0. The Labute approximate surface area is 119 Å². The third-order valence-corrected chi connectivity index (χ3v) is 3.80. The molecule has 1 aromatic carbocycles. The first kappa shape index (κ1) is 13.7. The highest BCUT2D eigenvalue weighted by Crippen LogP contribution is 2.29. The summed E-state index contributed by atoms with van der Waals surface area (Å²) < 4.78 is 13.8. The summed E-state index contributed by atoms with van der Waals surface area (Å²) in [5, 5.41) is 12.3. The lowest BCUT2D eigenvalue weighted by molar-refractivity contribution is -0.124. The Morgan fingerprint density at radius 2 is 2.00 bits per heavy atom. The number of imide groups is 1. The lowest BCUT2D eigenvalue weighted by atomic mass is 10.1. The minimum atomic E-state index is -1.34. The number of benzene rings is 1. The topological polar surface area (TPSA) is 86.7 Å². The molecule has 7 heteroatoms. The Morgan fingerprint density at radius 1 is 1.24 bits per heavy atom. The average Bonchev–Trinajstić information content (AvgIpc) is 2.57. The van der Waals surface area contributed by atoms with Crippen LogP contribution < -0.4 is 5.32 Å². The highest BCUT2D eigenvalue weighted by molar-refractivity contribution is 6.21. The van der Waals surface area contributed by atoms with Gasteiger partial charge in [0, 0.05) is 6.42 Å². The van der Waals surface area contributed by atoms with Crippen LogP contribution in [0.3, 0.4) is 0 Å². The van der Waals surface area contributed by atoms with E-state index >= 15 is 0 Å². The second-order valence-electron chi connectivity index (χ2n) is 5.11. The van der Waals surface area contributed by atoms with Crippen molar-refractivity contribution in [3.05, 3.63) is 35.1 Å². The number of hydrogen-bond acceptors (Lipinski definition) is 4. The Balaban J connectivity index is 1.98. The zero-order valence-corrected chi connectivity index (χ0v) is 11.0. The molecule has 1 saturated heterocycles. The van der Waals surface area contributed by atoms with Gasteiger partial charge in [-0.15, -0.1) is 0 Å². The number of fused-ring (bicyclic) bond motifs is 1. The Kier molecular flexibility index (Phi) is 3.21. The fraction of sp³-hybridized carbons (Fsp3) is 0.357. The second-order valence-corrected chi connectivity index (χ2v) is 5.11. The first-order valence-electron chi connectivity index (χ1n) is 6.64. The highest BCUT2D eigenvalue weighted by atomic mass is 19.1. The number of hydrogen-bond donors (Lipinski definition) is 2. The molecule has 0 radical (unpaired) electrons. The lowest BCUT2D eigenvalue weighted by Crippen LogP contribution is -2.52. The summed E-state index contributed by atoms with van der Waals surface area (Å²) in [4.78, 5) is 36.8. The van der Waals surface area contributed by atoms with Crippen molar-refractivity contribution >= 4 is 17.7 Å². The largest absolute Gasteiger partial charge is 0.372 e. The maximum atomic E-state index is 13.8. The molecule has 2 aliphatic rings. The quantitative estimate of drug-likeness (QED) is 0.734. The van der Waals surface area contributed by atoms with Gasteiger partial charge in [0.1, 0.15) is 12.0 Å². The molecule has 0 spiro atoms. The van der Waals surface area contributed by atoms with Gasteiger partial charge in [0.25, 0.3) is 11.8 Å². The molecule has 3 rings (SSSR count). The van der Waals surface area contributed by atoms with E-state index in [1.54, 1.807) is 0 Å². The molecule has 2 unspecified atom stereocenters. The van der Waals surface area contributed by atoms with E-state index in [2.05, 4.69) is 5.32 Å². The van der Waals surface area contributed by atoms with Crippen molar-refractivity contribution in [2.24, 2.45) is 0 Å². The van der Waals surface area contributed by atoms with Gasteiger partial charge in [0.15, 0.2) is 0 Å². The molecule has 3 amide bonds. The number of aliphatic hydroxyl groups excluding tert-OH is 1.